The monoisotopic (exact) mass is 311 g/mol. The average Bonchev–Trinajstić information content (AvgIpc) is 2.93. The van der Waals surface area contributed by atoms with Crippen molar-refractivity contribution in [3.63, 3.8) is 0 Å². The van der Waals surface area contributed by atoms with Crippen LogP contribution >= 0.6 is 12.4 Å². The number of hydrogen-bond donors (Lipinski definition) is 2. The summed E-state index contributed by atoms with van der Waals surface area (Å²) in [6, 6.07) is 5.78. The maximum absolute atomic E-state index is 12.5. The number of halogens is 1. The maximum Gasteiger partial charge on any atom is 0.254 e. The third-order valence-electron chi connectivity index (χ3n) is 3.48. The van der Waals surface area contributed by atoms with Gasteiger partial charge in [0, 0.05) is 32.2 Å². The van der Waals surface area contributed by atoms with Gasteiger partial charge in [0.2, 0.25) is 5.91 Å². The van der Waals surface area contributed by atoms with E-state index in [-0.39, 0.29) is 30.8 Å². The highest BCUT2D eigenvalue weighted by molar-refractivity contribution is 5.96. The van der Waals surface area contributed by atoms with Crippen molar-refractivity contribution < 1.29 is 9.59 Å². The summed E-state index contributed by atoms with van der Waals surface area (Å²) in [6.45, 7) is 4.36. The standard InChI is InChI=1S/C15H21N3O2.ClH/c1-3-6-18(10-14(19)16-2)15(20)11-4-5-12-8-17-9-13(12)7-11;/h4-5,7,17H,3,6,8-10H2,1-2H3,(H,16,19);1H. The molecule has 1 aliphatic heterocycles. The molecule has 1 aliphatic rings. The van der Waals surface area contributed by atoms with Gasteiger partial charge in [0.05, 0.1) is 6.54 Å². The number of rotatable bonds is 5. The van der Waals surface area contributed by atoms with Crippen LogP contribution in [0.1, 0.15) is 34.8 Å². The summed E-state index contributed by atoms with van der Waals surface area (Å²) < 4.78 is 0. The lowest BCUT2D eigenvalue weighted by molar-refractivity contribution is -0.121. The Morgan fingerprint density at radius 2 is 2.00 bits per heavy atom. The molecule has 1 aromatic rings. The summed E-state index contributed by atoms with van der Waals surface area (Å²) in [5.41, 5.74) is 3.08. The summed E-state index contributed by atoms with van der Waals surface area (Å²) in [4.78, 5) is 25.6. The molecule has 0 spiro atoms. The normalized spacial score (nSPS) is 12.3. The van der Waals surface area contributed by atoms with Crippen molar-refractivity contribution in [3.05, 3.63) is 34.9 Å². The van der Waals surface area contributed by atoms with Crippen LogP contribution in [-0.2, 0) is 17.9 Å². The van der Waals surface area contributed by atoms with Gasteiger partial charge < -0.3 is 15.5 Å². The first kappa shape index (κ1) is 17.5. The molecule has 0 saturated carbocycles. The average molecular weight is 312 g/mol. The summed E-state index contributed by atoms with van der Waals surface area (Å²) in [6.07, 6.45) is 0.829. The molecular formula is C15H22ClN3O2. The van der Waals surface area contributed by atoms with Gasteiger partial charge in [-0.3, -0.25) is 9.59 Å². The number of benzene rings is 1. The zero-order valence-electron chi connectivity index (χ0n) is 12.4. The highest BCUT2D eigenvalue weighted by atomic mass is 35.5. The summed E-state index contributed by atoms with van der Waals surface area (Å²) in [7, 11) is 1.58. The lowest BCUT2D eigenvalue weighted by Gasteiger charge is -2.21. The quantitative estimate of drug-likeness (QED) is 0.862. The van der Waals surface area contributed by atoms with Crippen molar-refractivity contribution in [2.75, 3.05) is 20.1 Å². The predicted molar refractivity (Wildman–Crippen MR) is 84.5 cm³/mol. The van der Waals surface area contributed by atoms with Crippen LogP contribution in [0.25, 0.3) is 0 Å². The molecular weight excluding hydrogens is 290 g/mol. The van der Waals surface area contributed by atoms with Crippen molar-refractivity contribution in [3.8, 4) is 0 Å². The molecule has 2 amide bonds. The summed E-state index contributed by atoms with van der Waals surface area (Å²) in [5.74, 6) is -0.222. The van der Waals surface area contributed by atoms with E-state index in [4.69, 9.17) is 0 Å². The van der Waals surface area contributed by atoms with Gasteiger partial charge in [0.1, 0.15) is 0 Å². The molecule has 1 aromatic carbocycles. The van der Waals surface area contributed by atoms with Crippen molar-refractivity contribution in [1.82, 2.24) is 15.5 Å². The third kappa shape index (κ3) is 4.19. The van der Waals surface area contributed by atoms with Gasteiger partial charge in [-0.05, 0) is 29.7 Å². The van der Waals surface area contributed by atoms with Gasteiger partial charge in [-0.15, -0.1) is 12.4 Å². The van der Waals surface area contributed by atoms with Gasteiger partial charge >= 0.3 is 0 Å². The molecule has 116 valence electrons. The second-order valence-corrected chi connectivity index (χ2v) is 4.99. The molecule has 6 heteroatoms. The van der Waals surface area contributed by atoms with Crippen LogP contribution in [0, 0.1) is 0 Å². The van der Waals surface area contributed by atoms with E-state index in [9.17, 15) is 9.59 Å². The predicted octanol–water partition coefficient (Wildman–Crippen LogP) is 1.31. The van der Waals surface area contributed by atoms with E-state index in [0.29, 0.717) is 12.1 Å². The Kier molecular flexibility index (Phi) is 6.65. The molecule has 0 bridgehead atoms. The molecule has 0 unspecified atom stereocenters. The Morgan fingerprint density at radius 3 is 2.67 bits per heavy atom. The second-order valence-electron chi connectivity index (χ2n) is 4.99. The van der Waals surface area contributed by atoms with E-state index in [1.807, 2.05) is 25.1 Å². The second kappa shape index (κ2) is 8.00. The van der Waals surface area contributed by atoms with Gasteiger partial charge in [-0.25, -0.2) is 0 Å². The van der Waals surface area contributed by atoms with Crippen LogP contribution in [0.5, 0.6) is 0 Å². The van der Waals surface area contributed by atoms with Crippen LogP contribution in [0.3, 0.4) is 0 Å². The minimum absolute atomic E-state index is 0. The van der Waals surface area contributed by atoms with Crippen LogP contribution in [0.4, 0.5) is 0 Å². The fraction of sp³-hybridized carbons (Fsp3) is 0.467. The van der Waals surface area contributed by atoms with Gasteiger partial charge in [-0.2, -0.15) is 0 Å². The first-order valence-corrected chi connectivity index (χ1v) is 6.98. The third-order valence-corrected chi connectivity index (χ3v) is 3.48. The van der Waals surface area contributed by atoms with E-state index in [1.54, 1.807) is 11.9 Å². The van der Waals surface area contributed by atoms with Gasteiger partial charge in [-0.1, -0.05) is 13.0 Å². The first-order chi connectivity index (χ1) is 9.65. The summed E-state index contributed by atoms with van der Waals surface area (Å²) >= 11 is 0. The highest BCUT2D eigenvalue weighted by Crippen LogP contribution is 2.18. The lowest BCUT2D eigenvalue weighted by atomic mass is 10.1. The van der Waals surface area contributed by atoms with Crippen molar-refractivity contribution in [1.29, 1.82) is 0 Å². The van der Waals surface area contributed by atoms with Crippen LogP contribution in [0.15, 0.2) is 18.2 Å². The largest absolute Gasteiger partial charge is 0.358 e. The Bertz CT molecular complexity index is 520. The van der Waals surface area contributed by atoms with E-state index in [0.717, 1.165) is 19.5 Å². The molecule has 0 saturated heterocycles. The van der Waals surface area contributed by atoms with Crippen molar-refractivity contribution >= 4 is 24.2 Å². The van der Waals surface area contributed by atoms with E-state index in [2.05, 4.69) is 10.6 Å². The van der Waals surface area contributed by atoms with E-state index in [1.165, 1.54) is 11.1 Å². The van der Waals surface area contributed by atoms with Crippen LogP contribution < -0.4 is 10.6 Å². The Morgan fingerprint density at radius 1 is 1.29 bits per heavy atom. The molecule has 0 fully saturated rings. The molecule has 21 heavy (non-hydrogen) atoms. The Hall–Kier alpha value is -1.59. The number of carbonyl (C=O) groups excluding carboxylic acids is 2. The molecule has 1 heterocycles. The van der Waals surface area contributed by atoms with Gasteiger partial charge in [0.15, 0.2) is 0 Å². The highest BCUT2D eigenvalue weighted by Gasteiger charge is 2.19. The minimum atomic E-state index is -0.144. The topological polar surface area (TPSA) is 61.4 Å². The number of likely N-dealkylation sites (N-methyl/N-ethyl adjacent to an activating group) is 1. The molecule has 0 atom stereocenters. The van der Waals surface area contributed by atoms with Gasteiger partial charge in [0.25, 0.3) is 5.91 Å². The summed E-state index contributed by atoms with van der Waals surface area (Å²) in [5, 5.41) is 5.82. The Labute approximate surface area is 131 Å². The number of amides is 2. The minimum Gasteiger partial charge on any atom is -0.358 e. The maximum atomic E-state index is 12.5. The lowest BCUT2D eigenvalue weighted by Crippen LogP contribution is -2.40. The fourth-order valence-corrected chi connectivity index (χ4v) is 2.39. The van der Waals surface area contributed by atoms with Crippen molar-refractivity contribution in [2.45, 2.75) is 26.4 Å². The Balaban J connectivity index is 0.00000220. The molecule has 2 rings (SSSR count). The number of carbonyl (C=O) groups is 2. The van der Waals surface area contributed by atoms with E-state index >= 15 is 0 Å². The SMILES string of the molecule is CCCN(CC(=O)NC)C(=O)c1ccc2c(c1)CNC2.Cl. The fourth-order valence-electron chi connectivity index (χ4n) is 2.39. The van der Waals surface area contributed by atoms with Crippen LogP contribution in [-0.4, -0.2) is 36.9 Å². The molecule has 5 nitrogen and oxygen atoms in total. The number of hydrogen-bond acceptors (Lipinski definition) is 3. The molecule has 0 aliphatic carbocycles. The van der Waals surface area contributed by atoms with Crippen molar-refractivity contribution in [2.24, 2.45) is 0 Å². The zero-order chi connectivity index (χ0) is 14.5. The number of nitrogens with zero attached hydrogens (tertiary/aromatic N) is 1. The molecule has 2 N–H and O–H groups in total. The number of nitrogens with one attached hydrogen (secondary N) is 2. The number of fused-ring (bicyclic) bond motifs is 1. The first-order valence-electron chi connectivity index (χ1n) is 6.98. The van der Waals surface area contributed by atoms with E-state index < -0.39 is 0 Å². The smallest absolute Gasteiger partial charge is 0.254 e. The van der Waals surface area contributed by atoms with Crippen LogP contribution in [0.2, 0.25) is 0 Å². The zero-order valence-corrected chi connectivity index (χ0v) is 13.3. The molecule has 0 aromatic heterocycles. The molecule has 0 radical (unpaired) electrons.